The molecule has 4 atom stereocenters. The smallest absolute Gasteiger partial charge is 0.374 e. The molecule has 0 aromatic carbocycles. The van der Waals surface area contributed by atoms with E-state index in [2.05, 4.69) is 20.4 Å². The molecule has 1 fully saturated rings. The Balaban J connectivity index is 1.57. The van der Waals surface area contributed by atoms with Gasteiger partial charge in [-0.25, -0.2) is 14.4 Å². The van der Waals surface area contributed by atoms with Crippen LogP contribution >= 0.6 is 0 Å². The first-order valence-electron chi connectivity index (χ1n) is 9.26. The summed E-state index contributed by atoms with van der Waals surface area (Å²) < 4.78 is 55.6. The molecule has 1 saturated carbocycles. The number of aromatic nitrogens is 2. The number of nitrogens with zero attached hydrogens (tertiary/aromatic N) is 4. The molecular formula is C19H19F4N5O. The lowest BCUT2D eigenvalue weighted by Gasteiger charge is -2.50. The van der Waals surface area contributed by atoms with Crippen LogP contribution in [0.25, 0.3) is 0 Å². The fourth-order valence-corrected chi connectivity index (χ4v) is 4.06. The van der Waals surface area contributed by atoms with Gasteiger partial charge < -0.3 is 5.32 Å². The van der Waals surface area contributed by atoms with E-state index in [1.165, 1.54) is 23.5 Å². The molecule has 0 saturated heterocycles. The molecule has 0 spiro atoms. The van der Waals surface area contributed by atoms with Gasteiger partial charge in [0.2, 0.25) is 0 Å². The SMILES string of the molecule is CC(C1=CNC(C2CCC2c2ncc(F)cn2)(C(F)(F)F)C=C1)N1CC(=O)C=N1. The maximum absolute atomic E-state index is 14.2. The number of ketones is 1. The fourth-order valence-electron chi connectivity index (χ4n) is 4.06. The minimum atomic E-state index is -4.56. The highest BCUT2D eigenvalue weighted by molar-refractivity contribution is 6.29. The van der Waals surface area contributed by atoms with Crippen molar-refractivity contribution in [1.29, 1.82) is 0 Å². The number of halogens is 4. The summed E-state index contributed by atoms with van der Waals surface area (Å²) in [5.41, 5.74) is -1.67. The Bertz CT molecular complexity index is 895. The molecule has 4 rings (SSSR count). The quantitative estimate of drug-likeness (QED) is 0.775. The summed E-state index contributed by atoms with van der Waals surface area (Å²) in [5, 5.41) is 8.10. The number of rotatable bonds is 4. The molecule has 3 aliphatic rings. The molecule has 0 amide bonds. The van der Waals surface area contributed by atoms with Gasteiger partial charge in [0.15, 0.2) is 17.1 Å². The van der Waals surface area contributed by atoms with E-state index < -0.39 is 29.4 Å². The van der Waals surface area contributed by atoms with Crippen LogP contribution < -0.4 is 5.32 Å². The first-order chi connectivity index (χ1) is 13.7. The van der Waals surface area contributed by atoms with E-state index in [4.69, 9.17) is 0 Å². The molecule has 154 valence electrons. The van der Waals surface area contributed by atoms with E-state index >= 15 is 0 Å². The Morgan fingerprint density at radius 3 is 2.48 bits per heavy atom. The summed E-state index contributed by atoms with van der Waals surface area (Å²) in [4.78, 5) is 19.1. The van der Waals surface area contributed by atoms with Crippen LogP contribution in [0.5, 0.6) is 0 Å². The van der Waals surface area contributed by atoms with Crippen molar-refractivity contribution in [3.8, 4) is 0 Å². The van der Waals surface area contributed by atoms with Crippen molar-refractivity contribution in [3.63, 3.8) is 0 Å². The molecule has 1 N–H and O–H groups in total. The van der Waals surface area contributed by atoms with Crippen molar-refractivity contribution in [2.45, 2.75) is 43.4 Å². The Morgan fingerprint density at radius 2 is 2.00 bits per heavy atom. The van der Waals surface area contributed by atoms with E-state index in [0.717, 1.165) is 18.5 Å². The van der Waals surface area contributed by atoms with Crippen LogP contribution in [-0.4, -0.2) is 51.3 Å². The topological polar surface area (TPSA) is 70.5 Å². The number of hydrogen-bond donors (Lipinski definition) is 1. The third-order valence-electron chi connectivity index (χ3n) is 5.91. The zero-order chi connectivity index (χ0) is 20.8. The molecule has 1 aromatic heterocycles. The van der Waals surface area contributed by atoms with Crippen molar-refractivity contribution in [2.75, 3.05) is 6.54 Å². The Kier molecular flexibility index (Phi) is 4.66. The maximum atomic E-state index is 14.2. The van der Waals surface area contributed by atoms with Crippen LogP contribution in [0.3, 0.4) is 0 Å². The summed E-state index contributed by atoms with van der Waals surface area (Å²) in [6, 6.07) is -0.356. The lowest BCUT2D eigenvalue weighted by Crippen LogP contribution is -2.63. The molecule has 4 unspecified atom stereocenters. The van der Waals surface area contributed by atoms with Crippen LogP contribution in [0.2, 0.25) is 0 Å². The van der Waals surface area contributed by atoms with Gasteiger partial charge in [-0.2, -0.15) is 18.3 Å². The minimum Gasteiger partial charge on any atom is -0.374 e. The number of dihydropyridines is 1. The number of carbonyl (C=O) groups is 1. The molecule has 1 aliphatic carbocycles. The molecule has 6 nitrogen and oxygen atoms in total. The summed E-state index contributed by atoms with van der Waals surface area (Å²) in [5.74, 6) is -1.90. The molecule has 10 heteroatoms. The highest BCUT2D eigenvalue weighted by Crippen LogP contribution is 2.53. The molecule has 29 heavy (non-hydrogen) atoms. The van der Waals surface area contributed by atoms with E-state index in [9.17, 15) is 22.4 Å². The van der Waals surface area contributed by atoms with Crippen molar-refractivity contribution < 1.29 is 22.4 Å². The zero-order valence-electron chi connectivity index (χ0n) is 15.5. The van der Waals surface area contributed by atoms with Crippen molar-refractivity contribution >= 4 is 12.0 Å². The highest BCUT2D eigenvalue weighted by atomic mass is 19.4. The number of hydrazone groups is 1. The lowest BCUT2D eigenvalue weighted by atomic mass is 9.61. The van der Waals surface area contributed by atoms with Gasteiger partial charge in [0.25, 0.3) is 0 Å². The van der Waals surface area contributed by atoms with Gasteiger partial charge >= 0.3 is 6.18 Å². The molecular weight excluding hydrogens is 390 g/mol. The highest BCUT2D eigenvalue weighted by Gasteiger charge is 2.62. The second-order valence-corrected chi connectivity index (χ2v) is 7.52. The van der Waals surface area contributed by atoms with Gasteiger partial charge in [-0.15, -0.1) is 0 Å². The van der Waals surface area contributed by atoms with Crippen molar-refractivity contribution in [1.82, 2.24) is 20.3 Å². The Morgan fingerprint density at radius 1 is 1.28 bits per heavy atom. The first-order valence-corrected chi connectivity index (χ1v) is 9.26. The zero-order valence-corrected chi connectivity index (χ0v) is 15.5. The number of alkyl halides is 3. The van der Waals surface area contributed by atoms with Gasteiger partial charge in [-0.1, -0.05) is 6.08 Å². The number of nitrogens with one attached hydrogen (secondary N) is 1. The summed E-state index contributed by atoms with van der Waals surface area (Å²) in [6.07, 6.45) is 3.36. The second kappa shape index (κ2) is 6.93. The normalized spacial score (nSPS) is 30.0. The molecule has 2 aliphatic heterocycles. The summed E-state index contributed by atoms with van der Waals surface area (Å²) in [6.45, 7) is 1.87. The van der Waals surface area contributed by atoms with Gasteiger partial charge in [-0.05, 0) is 31.4 Å². The van der Waals surface area contributed by atoms with Crippen LogP contribution in [0, 0.1) is 11.7 Å². The van der Waals surface area contributed by atoms with Crippen molar-refractivity contribution in [2.24, 2.45) is 11.0 Å². The third-order valence-corrected chi connectivity index (χ3v) is 5.91. The number of Topliss-reactive ketones (excluding diaryl/α,β-unsaturated/α-hetero) is 1. The van der Waals surface area contributed by atoms with Crippen LogP contribution in [0.1, 0.15) is 31.5 Å². The summed E-state index contributed by atoms with van der Waals surface area (Å²) >= 11 is 0. The molecule has 0 bridgehead atoms. The maximum Gasteiger partial charge on any atom is 0.415 e. The fraction of sp³-hybridized carbons (Fsp3) is 0.474. The second-order valence-electron chi connectivity index (χ2n) is 7.52. The monoisotopic (exact) mass is 409 g/mol. The van der Waals surface area contributed by atoms with Gasteiger partial charge in [0, 0.05) is 18.0 Å². The first kappa shape index (κ1) is 19.5. The van der Waals surface area contributed by atoms with Crippen LogP contribution in [-0.2, 0) is 4.79 Å². The molecule has 3 heterocycles. The third kappa shape index (κ3) is 3.30. The van der Waals surface area contributed by atoms with Gasteiger partial charge in [0.1, 0.15) is 12.4 Å². The number of carbonyl (C=O) groups excluding carboxylic acids is 1. The van der Waals surface area contributed by atoms with Crippen LogP contribution in [0.4, 0.5) is 17.6 Å². The average Bonchev–Trinajstić information content (AvgIpc) is 3.08. The van der Waals surface area contributed by atoms with E-state index in [1.807, 2.05) is 0 Å². The van der Waals surface area contributed by atoms with Gasteiger partial charge in [-0.3, -0.25) is 9.80 Å². The average molecular weight is 409 g/mol. The minimum absolute atomic E-state index is 0.101. The molecule has 0 radical (unpaired) electrons. The van der Waals surface area contributed by atoms with E-state index in [-0.39, 0.29) is 24.2 Å². The van der Waals surface area contributed by atoms with E-state index in [0.29, 0.717) is 18.4 Å². The Labute approximate surface area is 164 Å². The van der Waals surface area contributed by atoms with E-state index in [1.54, 1.807) is 6.92 Å². The Hall–Kier alpha value is -2.78. The molecule has 1 aromatic rings. The lowest BCUT2D eigenvalue weighted by molar-refractivity contribution is -0.204. The van der Waals surface area contributed by atoms with Gasteiger partial charge in [0.05, 0.1) is 24.7 Å². The predicted molar refractivity (Wildman–Crippen MR) is 96.3 cm³/mol. The largest absolute Gasteiger partial charge is 0.415 e. The van der Waals surface area contributed by atoms with Crippen molar-refractivity contribution in [3.05, 3.63) is 48.0 Å². The summed E-state index contributed by atoms with van der Waals surface area (Å²) in [7, 11) is 0. The number of hydrogen-bond acceptors (Lipinski definition) is 6. The predicted octanol–water partition coefficient (Wildman–Crippen LogP) is 2.71. The van der Waals surface area contributed by atoms with Crippen LogP contribution in [0.15, 0.2) is 41.4 Å². The standard InChI is InChI=1S/C19H19F4N5O/c1-11(28-10-14(29)9-27-28)12-4-5-18(26-6-12,19(21,22)23)16-3-2-15(16)17-24-7-13(20)8-25-17/h4-9,11,15-16,26H,2-3,10H2,1H3.